The van der Waals surface area contributed by atoms with E-state index < -0.39 is 0 Å². The number of hydrogen-bond donors (Lipinski definition) is 1. The molecule has 1 saturated carbocycles. The van der Waals surface area contributed by atoms with Crippen molar-refractivity contribution in [2.45, 2.75) is 45.1 Å². The summed E-state index contributed by atoms with van der Waals surface area (Å²) in [4.78, 5) is 0. The molecule has 3 unspecified atom stereocenters. The Balaban J connectivity index is 1.93. The zero-order valence-corrected chi connectivity index (χ0v) is 7.47. The van der Waals surface area contributed by atoms with Gasteiger partial charge in [0.05, 0.1) is 0 Å². The third kappa shape index (κ3) is 1.58. The van der Waals surface area contributed by atoms with E-state index in [0.717, 1.165) is 17.9 Å². The summed E-state index contributed by atoms with van der Waals surface area (Å²) < 4.78 is 0. The molecule has 0 amide bonds. The van der Waals surface area contributed by atoms with Crippen molar-refractivity contribution >= 4 is 0 Å². The van der Waals surface area contributed by atoms with Crippen molar-refractivity contribution < 1.29 is 0 Å². The minimum absolute atomic E-state index is 0.786. The average molecular weight is 153 g/mol. The van der Waals surface area contributed by atoms with Gasteiger partial charge < -0.3 is 5.32 Å². The van der Waals surface area contributed by atoms with Crippen molar-refractivity contribution in [2.75, 3.05) is 6.54 Å². The lowest BCUT2D eigenvalue weighted by molar-refractivity contribution is 0.159. The zero-order valence-electron chi connectivity index (χ0n) is 7.47. The molecule has 0 aromatic heterocycles. The third-order valence-corrected chi connectivity index (χ3v) is 3.45. The van der Waals surface area contributed by atoms with Crippen LogP contribution in [-0.2, 0) is 0 Å². The normalized spacial score (nSPS) is 45.0. The predicted octanol–water partition coefficient (Wildman–Crippen LogP) is 2.17. The molecule has 2 fully saturated rings. The van der Waals surface area contributed by atoms with Gasteiger partial charge in [-0.2, -0.15) is 0 Å². The fourth-order valence-electron chi connectivity index (χ4n) is 2.75. The molecule has 11 heavy (non-hydrogen) atoms. The van der Waals surface area contributed by atoms with Crippen LogP contribution in [0.3, 0.4) is 0 Å². The summed E-state index contributed by atoms with van der Waals surface area (Å²) in [5.41, 5.74) is 0. The Hall–Kier alpha value is -0.0400. The van der Waals surface area contributed by atoms with E-state index in [-0.39, 0.29) is 0 Å². The molecular formula is C10H19N. The second kappa shape index (κ2) is 3.14. The van der Waals surface area contributed by atoms with Crippen molar-refractivity contribution in [3.8, 4) is 0 Å². The maximum absolute atomic E-state index is 3.58. The molecule has 0 aromatic rings. The van der Waals surface area contributed by atoms with E-state index in [1.165, 1.54) is 38.6 Å². The molecule has 3 atom stereocenters. The molecule has 1 nitrogen and oxygen atoms in total. The van der Waals surface area contributed by atoms with Gasteiger partial charge in [0.1, 0.15) is 0 Å². The highest BCUT2D eigenvalue weighted by Crippen LogP contribution is 2.34. The van der Waals surface area contributed by atoms with Gasteiger partial charge in [-0.15, -0.1) is 0 Å². The lowest BCUT2D eigenvalue weighted by atomic mass is 9.74. The Kier molecular flexibility index (Phi) is 2.17. The van der Waals surface area contributed by atoms with Gasteiger partial charge >= 0.3 is 0 Å². The first kappa shape index (κ1) is 7.60. The van der Waals surface area contributed by atoms with Crippen molar-refractivity contribution in [3.63, 3.8) is 0 Å². The van der Waals surface area contributed by atoms with E-state index in [0.29, 0.717) is 0 Å². The summed E-state index contributed by atoms with van der Waals surface area (Å²) in [5.74, 6) is 2.10. The molecule has 2 aliphatic rings. The van der Waals surface area contributed by atoms with E-state index in [1.54, 1.807) is 0 Å². The largest absolute Gasteiger partial charge is 0.314 e. The van der Waals surface area contributed by atoms with Crippen molar-refractivity contribution in [2.24, 2.45) is 11.8 Å². The molecule has 0 aromatic carbocycles. The van der Waals surface area contributed by atoms with Gasteiger partial charge in [-0.3, -0.25) is 0 Å². The van der Waals surface area contributed by atoms with Crippen LogP contribution in [0, 0.1) is 11.8 Å². The molecule has 0 bridgehead atoms. The predicted molar refractivity (Wildman–Crippen MR) is 47.5 cm³/mol. The maximum Gasteiger partial charge on any atom is 0.00415 e. The molecule has 1 heterocycles. The van der Waals surface area contributed by atoms with Gasteiger partial charge in [-0.25, -0.2) is 0 Å². The number of fused-ring (bicyclic) bond motifs is 1. The smallest absolute Gasteiger partial charge is 0.00415 e. The molecular weight excluding hydrogens is 134 g/mol. The SMILES string of the molecule is CC1CC2CCCCC2CN1. The van der Waals surface area contributed by atoms with Gasteiger partial charge in [-0.1, -0.05) is 19.3 Å². The van der Waals surface area contributed by atoms with Crippen LogP contribution >= 0.6 is 0 Å². The van der Waals surface area contributed by atoms with E-state index in [1.807, 2.05) is 0 Å². The minimum Gasteiger partial charge on any atom is -0.314 e. The molecule has 1 aliphatic carbocycles. The summed E-state index contributed by atoms with van der Waals surface area (Å²) in [6, 6.07) is 0.786. The average Bonchev–Trinajstić information content (AvgIpc) is 2.04. The number of piperidine rings is 1. The Morgan fingerprint density at radius 1 is 1.09 bits per heavy atom. The summed E-state index contributed by atoms with van der Waals surface area (Å²) in [7, 11) is 0. The Labute approximate surface area is 69.6 Å². The third-order valence-electron chi connectivity index (χ3n) is 3.45. The van der Waals surface area contributed by atoms with Crippen LogP contribution < -0.4 is 5.32 Å². The van der Waals surface area contributed by atoms with E-state index >= 15 is 0 Å². The number of rotatable bonds is 0. The van der Waals surface area contributed by atoms with Crippen LogP contribution in [0.1, 0.15) is 39.0 Å². The Morgan fingerprint density at radius 3 is 2.64 bits per heavy atom. The number of nitrogens with one attached hydrogen (secondary N) is 1. The van der Waals surface area contributed by atoms with Crippen LogP contribution in [0.4, 0.5) is 0 Å². The molecule has 1 saturated heterocycles. The van der Waals surface area contributed by atoms with Gasteiger partial charge in [0, 0.05) is 6.04 Å². The van der Waals surface area contributed by atoms with Crippen molar-refractivity contribution in [1.82, 2.24) is 5.32 Å². The fraction of sp³-hybridized carbons (Fsp3) is 1.00. The summed E-state index contributed by atoms with van der Waals surface area (Å²) >= 11 is 0. The first-order valence-corrected chi connectivity index (χ1v) is 5.09. The molecule has 2 rings (SSSR count). The highest BCUT2D eigenvalue weighted by atomic mass is 14.9. The summed E-state index contributed by atoms with van der Waals surface area (Å²) in [6.45, 7) is 3.62. The lowest BCUT2D eigenvalue weighted by Crippen LogP contribution is -2.43. The Bertz CT molecular complexity index is 133. The molecule has 0 spiro atoms. The zero-order chi connectivity index (χ0) is 7.68. The number of hydrogen-bond acceptors (Lipinski definition) is 1. The van der Waals surface area contributed by atoms with Crippen LogP contribution in [-0.4, -0.2) is 12.6 Å². The quantitative estimate of drug-likeness (QED) is 0.562. The van der Waals surface area contributed by atoms with Gasteiger partial charge in [0.2, 0.25) is 0 Å². The molecule has 1 aliphatic heterocycles. The van der Waals surface area contributed by atoms with Gasteiger partial charge in [0.25, 0.3) is 0 Å². The van der Waals surface area contributed by atoms with Crippen LogP contribution in [0.2, 0.25) is 0 Å². The van der Waals surface area contributed by atoms with Crippen LogP contribution in [0.5, 0.6) is 0 Å². The Morgan fingerprint density at radius 2 is 1.82 bits per heavy atom. The molecule has 1 heteroatoms. The summed E-state index contributed by atoms with van der Waals surface area (Å²) in [5, 5.41) is 3.58. The second-order valence-corrected chi connectivity index (χ2v) is 4.35. The maximum atomic E-state index is 3.58. The van der Waals surface area contributed by atoms with Crippen molar-refractivity contribution in [1.29, 1.82) is 0 Å². The minimum atomic E-state index is 0.786. The topological polar surface area (TPSA) is 12.0 Å². The standard InChI is InChI=1S/C10H19N/c1-8-6-9-4-2-3-5-10(9)7-11-8/h8-11H,2-7H2,1H3. The van der Waals surface area contributed by atoms with E-state index in [4.69, 9.17) is 0 Å². The van der Waals surface area contributed by atoms with Gasteiger partial charge in [-0.05, 0) is 38.1 Å². The second-order valence-electron chi connectivity index (χ2n) is 4.35. The van der Waals surface area contributed by atoms with Crippen LogP contribution in [0.15, 0.2) is 0 Å². The van der Waals surface area contributed by atoms with Crippen molar-refractivity contribution in [3.05, 3.63) is 0 Å². The van der Waals surface area contributed by atoms with E-state index in [2.05, 4.69) is 12.2 Å². The molecule has 0 radical (unpaired) electrons. The molecule has 64 valence electrons. The highest BCUT2D eigenvalue weighted by Gasteiger charge is 2.29. The van der Waals surface area contributed by atoms with Crippen LogP contribution in [0.25, 0.3) is 0 Å². The highest BCUT2D eigenvalue weighted by molar-refractivity contribution is 4.84. The monoisotopic (exact) mass is 153 g/mol. The lowest BCUT2D eigenvalue weighted by Gasteiger charge is -2.38. The summed E-state index contributed by atoms with van der Waals surface area (Å²) in [6.07, 6.45) is 7.41. The van der Waals surface area contributed by atoms with Gasteiger partial charge in [0.15, 0.2) is 0 Å². The van der Waals surface area contributed by atoms with E-state index in [9.17, 15) is 0 Å². The first-order valence-electron chi connectivity index (χ1n) is 5.09. The fourth-order valence-corrected chi connectivity index (χ4v) is 2.75. The molecule has 1 N–H and O–H groups in total. The first-order chi connectivity index (χ1) is 5.36.